The highest BCUT2D eigenvalue weighted by molar-refractivity contribution is 5.64. The Bertz CT molecular complexity index is 501. The third-order valence-corrected chi connectivity index (χ3v) is 3.46. The molecule has 2 rings (SSSR count). The van der Waals surface area contributed by atoms with Crippen molar-refractivity contribution in [3.05, 3.63) is 11.6 Å². The molecule has 1 aliphatic heterocycles. The Morgan fingerprint density at radius 1 is 1.35 bits per heavy atom. The second-order valence-electron chi connectivity index (χ2n) is 5.19. The minimum atomic E-state index is -0.549. The Balaban J connectivity index is 2.52. The zero-order valence-electron chi connectivity index (χ0n) is 12.2. The second kappa shape index (κ2) is 5.38. The van der Waals surface area contributed by atoms with Crippen LogP contribution in [-0.4, -0.2) is 43.2 Å². The average molecular weight is 283 g/mol. The molecule has 1 unspecified atom stereocenters. The maximum Gasteiger partial charge on any atom is 0.203 e. The van der Waals surface area contributed by atoms with Gasteiger partial charge in [0, 0.05) is 12.6 Å². The van der Waals surface area contributed by atoms with Crippen LogP contribution in [0.1, 0.15) is 25.5 Å². The van der Waals surface area contributed by atoms with Crippen LogP contribution in [0.2, 0.25) is 0 Å². The molecular formula is C14H21NO5. The summed E-state index contributed by atoms with van der Waals surface area (Å²) in [5.74, 6) is 1.26. The van der Waals surface area contributed by atoms with Crippen LogP contribution < -0.4 is 19.5 Å². The highest BCUT2D eigenvalue weighted by atomic mass is 16.5. The number of hydrogen-bond donors (Lipinski definition) is 3. The lowest BCUT2D eigenvalue weighted by atomic mass is 9.93. The number of phenolic OH excluding ortho intramolecular Hbond substituents is 1. The summed E-state index contributed by atoms with van der Waals surface area (Å²) in [5.41, 5.74) is 0.0768. The van der Waals surface area contributed by atoms with Crippen molar-refractivity contribution in [2.24, 2.45) is 0 Å². The second-order valence-corrected chi connectivity index (χ2v) is 5.19. The number of hydrogen-bond acceptors (Lipinski definition) is 6. The van der Waals surface area contributed by atoms with Gasteiger partial charge >= 0.3 is 0 Å². The predicted octanol–water partition coefficient (Wildman–Crippen LogP) is 1.20. The summed E-state index contributed by atoms with van der Waals surface area (Å²) in [6.45, 7) is 4.25. The number of rotatable bonds is 5. The van der Waals surface area contributed by atoms with Crippen molar-refractivity contribution in [3.63, 3.8) is 0 Å². The molecule has 0 saturated heterocycles. The Morgan fingerprint density at radius 2 is 2.05 bits per heavy atom. The normalized spacial score (nSPS) is 19.4. The van der Waals surface area contributed by atoms with Crippen molar-refractivity contribution in [2.45, 2.75) is 25.5 Å². The molecule has 0 spiro atoms. The Kier molecular flexibility index (Phi) is 3.96. The fraction of sp³-hybridized carbons (Fsp3) is 0.571. The lowest BCUT2D eigenvalue weighted by Crippen LogP contribution is -2.40. The quantitative estimate of drug-likeness (QED) is 0.753. The maximum atomic E-state index is 10.4. The van der Waals surface area contributed by atoms with E-state index in [9.17, 15) is 5.11 Å². The number of methoxy groups -OCH3 is 2. The zero-order valence-corrected chi connectivity index (χ0v) is 12.2. The average Bonchev–Trinajstić information content (AvgIpc) is 2.66. The first-order chi connectivity index (χ1) is 9.46. The van der Waals surface area contributed by atoms with Crippen molar-refractivity contribution in [1.82, 2.24) is 5.32 Å². The van der Waals surface area contributed by atoms with Crippen LogP contribution in [-0.2, 0) is 0 Å². The summed E-state index contributed by atoms with van der Waals surface area (Å²) < 4.78 is 16.3. The van der Waals surface area contributed by atoms with E-state index in [0.717, 1.165) is 0 Å². The van der Waals surface area contributed by atoms with Gasteiger partial charge in [-0.3, -0.25) is 0 Å². The molecule has 0 bridgehead atoms. The number of ether oxygens (including phenoxy) is 3. The molecule has 6 nitrogen and oxygen atoms in total. The standard InChI is InChI=1S/C14H21NO5/c1-14(2)13(15-5-6-16)10-8(20-14)7-9(18-3)12(19-4)11(10)17/h7,13,15-17H,5-6H2,1-4H3. The molecule has 0 amide bonds. The highest BCUT2D eigenvalue weighted by Gasteiger charge is 2.44. The van der Waals surface area contributed by atoms with Gasteiger partial charge in [-0.05, 0) is 13.8 Å². The fourth-order valence-electron chi connectivity index (χ4n) is 2.58. The molecule has 112 valence electrons. The summed E-state index contributed by atoms with van der Waals surface area (Å²) in [7, 11) is 2.98. The fourth-order valence-corrected chi connectivity index (χ4v) is 2.58. The SMILES string of the molecule is COc1cc2c(c(O)c1OC)C(NCCO)C(C)(C)O2. The first-order valence-electron chi connectivity index (χ1n) is 6.47. The van der Waals surface area contributed by atoms with E-state index in [1.54, 1.807) is 6.07 Å². The molecule has 0 fully saturated rings. The van der Waals surface area contributed by atoms with Gasteiger partial charge in [-0.15, -0.1) is 0 Å². The van der Waals surface area contributed by atoms with Gasteiger partial charge in [0.2, 0.25) is 5.75 Å². The molecule has 1 atom stereocenters. The molecule has 0 aromatic heterocycles. The van der Waals surface area contributed by atoms with Gasteiger partial charge in [-0.2, -0.15) is 0 Å². The molecular weight excluding hydrogens is 262 g/mol. The van der Waals surface area contributed by atoms with Crippen LogP contribution in [0.4, 0.5) is 0 Å². The van der Waals surface area contributed by atoms with Gasteiger partial charge in [0.1, 0.15) is 11.4 Å². The molecule has 6 heteroatoms. The molecule has 3 N–H and O–H groups in total. The first-order valence-corrected chi connectivity index (χ1v) is 6.47. The number of aromatic hydroxyl groups is 1. The number of fused-ring (bicyclic) bond motifs is 1. The third kappa shape index (κ3) is 2.25. The van der Waals surface area contributed by atoms with E-state index in [1.807, 2.05) is 13.8 Å². The number of aliphatic hydroxyl groups is 1. The largest absolute Gasteiger partial charge is 0.504 e. The van der Waals surface area contributed by atoms with Crippen molar-refractivity contribution >= 4 is 0 Å². The topological polar surface area (TPSA) is 80.2 Å². The monoisotopic (exact) mass is 283 g/mol. The Labute approximate surface area is 118 Å². The molecule has 1 aromatic rings. The van der Waals surface area contributed by atoms with Gasteiger partial charge in [0.05, 0.1) is 32.4 Å². The van der Waals surface area contributed by atoms with Crippen LogP contribution in [0.5, 0.6) is 23.0 Å². The summed E-state index contributed by atoms with van der Waals surface area (Å²) in [6, 6.07) is 1.46. The van der Waals surface area contributed by atoms with E-state index in [-0.39, 0.29) is 24.1 Å². The molecule has 1 heterocycles. The van der Waals surface area contributed by atoms with Gasteiger partial charge in [-0.25, -0.2) is 0 Å². The number of nitrogens with one attached hydrogen (secondary N) is 1. The van der Waals surface area contributed by atoms with Crippen LogP contribution in [0, 0.1) is 0 Å². The first kappa shape index (κ1) is 14.7. The Hall–Kier alpha value is -1.66. The summed E-state index contributed by atoms with van der Waals surface area (Å²) in [4.78, 5) is 0. The van der Waals surface area contributed by atoms with Crippen LogP contribution in [0.15, 0.2) is 6.07 Å². The number of phenols is 1. The van der Waals surface area contributed by atoms with E-state index in [2.05, 4.69) is 5.32 Å². The van der Waals surface area contributed by atoms with Crippen molar-refractivity contribution in [3.8, 4) is 23.0 Å². The molecule has 1 aromatic carbocycles. The molecule has 20 heavy (non-hydrogen) atoms. The van der Waals surface area contributed by atoms with Gasteiger partial charge in [0.15, 0.2) is 11.5 Å². The van der Waals surface area contributed by atoms with Crippen LogP contribution in [0.3, 0.4) is 0 Å². The molecule has 1 aliphatic rings. The van der Waals surface area contributed by atoms with E-state index < -0.39 is 5.60 Å². The van der Waals surface area contributed by atoms with E-state index >= 15 is 0 Å². The van der Waals surface area contributed by atoms with Crippen molar-refractivity contribution in [1.29, 1.82) is 0 Å². The molecule has 0 saturated carbocycles. The van der Waals surface area contributed by atoms with Crippen LogP contribution in [0.25, 0.3) is 0 Å². The summed E-state index contributed by atoms with van der Waals surface area (Å²) in [5, 5.41) is 22.6. The summed E-state index contributed by atoms with van der Waals surface area (Å²) >= 11 is 0. The van der Waals surface area contributed by atoms with Gasteiger partial charge in [-0.1, -0.05) is 0 Å². The van der Waals surface area contributed by atoms with Gasteiger partial charge < -0.3 is 29.7 Å². The predicted molar refractivity (Wildman–Crippen MR) is 73.7 cm³/mol. The third-order valence-electron chi connectivity index (χ3n) is 3.46. The zero-order chi connectivity index (χ0) is 14.9. The highest BCUT2D eigenvalue weighted by Crippen LogP contribution is 2.54. The van der Waals surface area contributed by atoms with E-state index in [0.29, 0.717) is 23.6 Å². The maximum absolute atomic E-state index is 10.4. The van der Waals surface area contributed by atoms with Crippen molar-refractivity contribution in [2.75, 3.05) is 27.4 Å². The van der Waals surface area contributed by atoms with Crippen molar-refractivity contribution < 1.29 is 24.4 Å². The Morgan fingerprint density at radius 3 is 2.60 bits per heavy atom. The van der Waals surface area contributed by atoms with Gasteiger partial charge in [0.25, 0.3) is 0 Å². The van der Waals surface area contributed by atoms with E-state index in [1.165, 1.54) is 14.2 Å². The minimum absolute atomic E-state index is 0.00265. The number of aliphatic hydroxyl groups excluding tert-OH is 1. The lowest BCUT2D eigenvalue weighted by molar-refractivity contribution is 0.0936. The minimum Gasteiger partial charge on any atom is -0.504 e. The molecule has 0 radical (unpaired) electrons. The summed E-state index contributed by atoms with van der Waals surface area (Å²) in [6.07, 6.45) is 0. The smallest absolute Gasteiger partial charge is 0.203 e. The number of benzene rings is 1. The van der Waals surface area contributed by atoms with Crippen LogP contribution >= 0.6 is 0 Å². The van der Waals surface area contributed by atoms with E-state index in [4.69, 9.17) is 19.3 Å². The lowest BCUT2D eigenvalue weighted by Gasteiger charge is -2.27. The molecule has 0 aliphatic carbocycles.